The van der Waals surface area contributed by atoms with E-state index in [-0.39, 0.29) is 11.6 Å². The maximum Gasteiger partial charge on any atom is 0.269 e. The van der Waals surface area contributed by atoms with E-state index >= 15 is 0 Å². The fraction of sp³-hybridized carbons (Fsp3) is 0.278. The van der Waals surface area contributed by atoms with Crippen LogP contribution in [0.5, 0.6) is 0 Å². The van der Waals surface area contributed by atoms with E-state index in [1.165, 1.54) is 24.3 Å². The number of nitro benzene ring substituents is 1. The first kappa shape index (κ1) is 18.6. The molecule has 1 fully saturated rings. The van der Waals surface area contributed by atoms with Crippen molar-refractivity contribution in [3.63, 3.8) is 0 Å². The zero-order valence-electron chi connectivity index (χ0n) is 13.9. The summed E-state index contributed by atoms with van der Waals surface area (Å²) in [5.74, 6) is -0.115. The molecule has 0 atom stereocenters. The minimum atomic E-state index is -0.479. The van der Waals surface area contributed by atoms with Crippen molar-refractivity contribution in [2.24, 2.45) is 0 Å². The van der Waals surface area contributed by atoms with Crippen LogP contribution in [0.4, 0.5) is 5.69 Å². The molecule has 1 aliphatic rings. The molecule has 1 amide bonds. The standard InChI is InChI=1S/C18H17Cl2N3O3/c19-16-2-1-3-17(20)15(16)12-21-8-10-22(11-9-21)18(24)13-4-6-14(7-5-13)23(25)26/h1-7H,8-12H2. The smallest absolute Gasteiger partial charge is 0.269 e. The van der Waals surface area contributed by atoms with Crippen LogP contribution in [0, 0.1) is 10.1 Å². The summed E-state index contributed by atoms with van der Waals surface area (Å²) in [7, 11) is 0. The van der Waals surface area contributed by atoms with Crippen LogP contribution in [0.2, 0.25) is 10.0 Å². The van der Waals surface area contributed by atoms with Gasteiger partial charge in [0.15, 0.2) is 0 Å². The summed E-state index contributed by atoms with van der Waals surface area (Å²) in [5.41, 5.74) is 1.33. The van der Waals surface area contributed by atoms with Gasteiger partial charge in [-0.1, -0.05) is 29.3 Å². The van der Waals surface area contributed by atoms with Gasteiger partial charge in [-0.2, -0.15) is 0 Å². The highest BCUT2D eigenvalue weighted by molar-refractivity contribution is 6.35. The Morgan fingerprint density at radius 1 is 1.00 bits per heavy atom. The zero-order valence-corrected chi connectivity index (χ0v) is 15.4. The molecule has 0 aliphatic carbocycles. The quantitative estimate of drug-likeness (QED) is 0.584. The molecule has 0 spiro atoms. The molecule has 2 aromatic carbocycles. The van der Waals surface area contributed by atoms with E-state index in [1.54, 1.807) is 4.90 Å². The number of halogens is 2. The lowest BCUT2D eigenvalue weighted by Gasteiger charge is -2.35. The third-order valence-corrected chi connectivity index (χ3v) is 5.14. The van der Waals surface area contributed by atoms with Gasteiger partial charge in [0.1, 0.15) is 0 Å². The summed E-state index contributed by atoms with van der Waals surface area (Å²) in [6.07, 6.45) is 0. The molecule has 26 heavy (non-hydrogen) atoms. The third-order valence-electron chi connectivity index (χ3n) is 4.43. The number of hydrogen-bond donors (Lipinski definition) is 0. The topological polar surface area (TPSA) is 66.7 Å². The zero-order chi connectivity index (χ0) is 18.7. The van der Waals surface area contributed by atoms with Crippen molar-refractivity contribution in [2.75, 3.05) is 26.2 Å². The lowest BCUT2D eigenvalue weighted by Crippen LogP contribution is -2.48. The summed E-state index contributed by atoms with van der Waals surface area (Å²) >= 11 is 12.4. The van der Waals surface area contributed by atoms with E-state index in [0.717, 1.165) is 5.56 Å². The van der Waals surface area contributed by atoms with Gasteiger partial charge in [0.05, 0.1) is 4.92 Å². The summed E-state index contributed by atoms with van der Waals surface area (Å²) in [6.45, 7) is 3.22. The molecule has 0 saturated carbocycles. The lowest BCUT2D eigenvalue weighted by molar-refractivity contribution is -0.384. The molecular weight excluding hydrogens is 377 g/mol. The number of non-ortho nitro benzene ring substituents is 1. The number of benzene rings is 2. The van der Waals surface area contributed by atoms with Gasteiger partial charge in [-0.25, -0.2) is 0 Å². The first-order chi connectivity index (χ1) is 12.5. The van der Waals surface area contributed by atoms with Gasteiger partial charge in [0.2, 0.25) is 0 Å². The molecular formula is C18H17Cl2N3O3. The summed E-state index contributed by atoms with van der Waals surface area (Å²) < 4.78 is 0. The average Bonchev–Trinajstić information content (AvgIpc) is 2.65. The third kappa shape index (κ3) is 4.15. The maximum absolute atomic E-state index is 12.5. The normalized spacial score (nSPS) is 15.1. The molecule has 0 aromatic heterocycles. The van der Waals surface area contributed by atoms with E-state index in [9.17, 15) is 14.9 Å². The van der Waals surface area contributed by atoms with Gasteiger partial charge in [-0.05, 0) is 24.3 Å². The van der Waals surface area contributed by atoms with E-state index in [1.807, 2.05) is 18.2 Å². The maximum atomic E-state index is 12.5. The Morgan fingerprint density at radius 3 is 2.12 bits per heavy atom. The number of carbonyl (C=O) groups excluding carboxylic acids is 1. The first-order valence-corrected chi connectivity index (χ1v) is 8.90. The predicted octanol–water partition coefficient (Wildman–Crippen LogP) is 3.86. The minimum absolute atomic E-state index is 0.0250. The van der Waals surface area contributed by atoms with Gasteiger partial charge in [-0.15, -0.1) is 0 Å². The highest BCUT2D eigenvalue weighted by atomic mass is 35.5. The van der Waals surface area contributed by atoms with Gasteiger partial charge >= 0.3 is 0 Å². The van der Waals surface area contributed by atoms with Crippen LogP contribution in [-0.4, -0.2) is 46.8 Å². The number of rotatable bonds is 4. The second kappa shape index (κ2) is 8.03. The Morgan fingerprint density at radius 2 is 1.58 bits per heavy atom. The molecule has 1 aliphatic heterocycles. The number of nitrogens with zero attached hydrogens (tertiary/aromatic N) is 3. The van der Waals surface area contributed by atoms with Crippen LogP contribution >= 0.6 is 23.2 Å². The Balaban J connectivity index is 1.59. The first-order valence-electron chi connectivity index (χ1n) is 8.14. The highest BCUT2D eigenvalue weighted by Crippen LogP contribution is 2.26. The van der Waals surface area contributed by atoms with Crippen LogP contribution in [0.1, 0.15) is 15.9 Å². The Kier molecular flexibility index (Phi) is 5.76. The molecule has 3 rings (SSSR count). The Bertz CT molecular complexity index is 799. The fourth-order valence-corrected chi connectivity index (χ4v) is 3.44. The minimum Gasteiger partial charge on any atom is -0.336 e. The van der Waals surface area contributed by atoms with E-state index < -0.39 is 4.92 Å². The van der Waals surface area contributed by atoms with Gasteiger partial charge < -0.3 is 4.90 Å². The number of carbonyl (C=O) groups is 1. The number of amides is 1. The summed E-state index contributed by atoms with van der Waals surface area (Å²) in [6, 6.07) is 11.1. The van der Waals surface area contributed by atoms with Crippen molar-refractivity contribution in [2.45, 2.75) is 6.54 Å². The SMILES string of the molecule is O=C(c1ccc([N+](=O)[O-])cc1)N1CCN(Cc2c(Cl)cccc2Cl)CC1. The van der Waals surface area contributed by atoms with Crippen molar-refractivity contribution in [3.8, 4) is 0 Å². The number of nitro groups is 1. The average molecular weight is 394 g/mol. The van der Waals surface area contributed by atoms with Crippen molar-refractivity contribution in [1.82, 2.24) is 9.80 Å². The van der Waals surface area contributed by atoms with Gasteiger partial charge in [0, 0.05) is 66.0 Å². The van der Waals surface area contributed by atoms with Crippen molar-refractivity contribution in [1.29, 1.82) is 0 Å². The molecule has 136 valence electrons. The van der Waals surface area contributed by atoms with Crippen LogP contribution in [0.15, 0.2) is 42.5 Å². The van der Waals surface area contributed by atoms with Crippen molar-refractivity contribution in [3.05, 3.63) is 73.8 Å². The van der Waals surface area contributed by atoms with Crippen molar-refractivity contribution >= 4 is 34.8 Å². The predicted molar refractivity (Wildman–Crippen MR) is 101 cm³/mol. The summed E-state index contributed by atoms with van der Waals surface area (Å²) in [5, 5.41) is 12.0. The number of hydrogen-bond acceptors (Lipinski definition) is 4. The molecule has 6 nitrogen and oxygen atoms in total. The molecule has 0 unspecified atom stereocenters. The second-order valence-corrected chi connectivity index (χ2v) is 6.89. The van der Waals surface area contributed by atoms with Crippen LogP contribution in [0.3, 0.4) is 0 Å². The van der Waals surface area contributed by atoms with E-state index in [2.05, 4.69) is 4.90 Å². The summed E-state index contributed by atoms with van der Waals surface area (Å²) in [4.78, 5) is 26.7. The Labute approximate surface area is 161 Å². The van der Waals surface area contributed by atoms with E-state index in [0.29, 0.717) is 48.3 Å². The molecule has 2 aromatic rings. The molecule has 0 radical (unpaired) electrons. The van der Waals surface area contributed by atoms with Gasteiger partial charge in [0.25, 0.3) is 11.6 Å². The fourth-order valence-electron chi connectivity index (χ4n) is 2.92. The second-order valence-electron chi connectivity index (χ2n) is 6.07. The van der Waals surface area contributed by atoms with Crippen LogP contribution < -0.4 is 0 Å². The monoisotopic (exact) mass is 393 g/mol. The number of piperazine rings is 1. The molecule has 0 bridgehead atoms. The molecule has 8 heteroatoms. The Hall–Kier alpha value is -2.15. The molecule has 1 saturated heterocycles. The highest BCUT2D eigenvalue weighted by Gasteiger charge is 2.23. The molecule has 1 heterocycles. The largest absolute Gasteiger partial charge is 0.336 e. The van der Waals surface area contributed by atoms with Crippen molar-refractivity contribution < 1.29 is 9.72 Å². The lowest BCUT2D eigenvalue weighted by atomic mass is 10.1. The van der Waals surface area contributed by atoms with E-state index in [4.69, 9.17) is 23.2 Å². The molecule has 0 N–H and O–H groups in total. The van der Waals surface area contributed by atoms with Gasteiger partial charge in [-0.3, -0.25) is 19.8 Å². The van der Waals surface area contributed by atoms with Crippen LogP contribution in [0.25, 0.3) is 0 Å². The van der Waals surface area contributed by atoms with Crippen LogP contribution in [-0.2, 0) is 6.54 Å².